The lowest BCUT2D eigenvalue weighted by Gasteiger charge is -2.07. The smallest absolute Gasteiger partial charge is 0.187 e. The summed E-state index contributed by atoms with van der Waals surface area (Å²) in [5.41, 5.74) is 8.36. The van der Waals surface area contributed by atoms with Gasteiger partial charge in [0.15, 0.2) is 11.5 Å². The molecule has 0 aliphatic carbocycles. The highest BCUT2D eigenvalue weighted by Gasteiger charge is 2.13. The molecule has 3 heterocycles. The molecule has 1 aromatic carbocycles. The minimum absolute atomic E-state index is 0.397. The van der Waals surface area contributed by atoms with Crippen molar-refractivity contribution in [1.29, 1.82) is 0 Å². The van der Waals surface area contributed by atoms with E-state index in [1.165, 1.54) is 11.5 Å². The monoisotopic (exact) mass is 338 g/mol. The van der Waals surface area contributed by atoms with Crippen LogP contribution < -0.4 is 10.5 Å². The average Bonchev–Trinajstić information content (AvgIpc) is 3.24. The van der Waals surface area contributed by atoms with Gasteiger partial charge in [0.2, 0.25) is 0 Å². The van der Waals surface area contributed by atoms with E-state index in [-0.39, 0.29) is 0 Å². The lowest BCUT2D eigenvalue weighted by Crippen LogP contribution is -2.02. The molecule has 0 aliphatic rings. The van der Waals surface area contributed by atoms with E-state index in [0.717, 1.165) is 16.7 Å². The van der Waals surface area contributed by atoms with Gasteiger partial charge in [0.25, 0.3) is 0 Å². The van der Waals surface area contributed by atoms with Crippen molar-refractivity contribution < 1.29 is 4.74 Å². The molecule has 0 saturated carbocycles. The van der Waals surface area contributed by atoms with Gasteiger partial charge < -0.3 is 10.5 Å². The van der Waals surface area contributed by atoms with E-state index in [1.54, 1.807) is 11.8 Å². The number of hydrogen-bond donors (Lipinski definition) is 1. The predicted octanol–water partition coefficient (Wildman–Crippen LogP) is 2.59. The van der Waals surface area contributed by atoms with Crippen molar-refractivity contribution in [3.05, 3.63) is 47.5 Å². The first-order valence-electron chi connectivity index (χ1n) is 7.28. The quantitative estimate of drug-likeness (QED) is 0.615. The van der Waals surface area contributed by atoms with Crippen molar-refractivity contribution in [3.63, 3.8) is 0 Å². The summed E-state index contributed by atoms with van der Waals surface area (Å²) in [5, 5.41) is 7.12. The van der Waals surface area contributed by atoms with Gasteiger partial charge in [0, 0.05) is 17.1 Å². The highest BCUT2D eigenvalue weighted by Crippen LogP contribution is 2.23. The molecule has 0 atom stereocenters. The Kier molecular flexibility index (Phi) is 3.58. The standard InChI is InChI=1S/C16H14N6OS/c1-23-13-5-3-2-4-10(13)8-22-9-11-14(17)18-16(19-15(11)20-22)12-6-7-24-21-12/h2-7,9H,8H2,1H3,(H2,17,18,19,20). The highest BCUT2D eigenvalue weighted by atomic mass is 32.1. The third-order valence-corrected chi connectivity index (χ3v) is 4.21. The molecule has 0 radical (unpaired) electrons. The maximum atomic E-state index is 6.07. The molecule has 0 amide bonds. The van der Waals surface area contributed by atoms with E-state index in [2.05, 4.69) is 19.4 Å². The van der Waals surface area contributed by atoms with Gasteiger partial charge in [0.05, 0.1) is 19.0 Å². The van der Waals surface area contributed by atoms with Gasteiger partial charge in [-0.3, -0.25) is 4.68 Å². The molecule has 0 aliphatic heterocycles. The molecule has 8 heteroatoms. The Labute approximate surface area is 141 Å². The van der Waals surface area contributed by atoms with Crippen LogP contribution in [0.2, 0.25) is 0 Å². The normalized spacial score (nSPS) is 11.0. The maximum Gasteiger partial charge on any atom is 0.187 e. The van der Waals surface area contributed by atoms with Crippen molar-refractivity contribution in [2.24, 2.45) is 0 Å². The largest absolute Gasteiger partial charge is 0.496 e. The van der Waals surface area contributed by atoms with Gasteiger partial charge in [-0.15, -0.1) is 0 Å². The second kappa shape index (κ2) is 5.89. The fourth-order valence-electron chi connectivity index (χ4n) is 2.51. The van der Waals surface area contributed by atoms with E-state index in [4.69, 9.17) is 10.5 Å². The molecule has 7 nitrogen and oxygen atoms in total. The van der Waals surface area contributed by atoms with Crippen LogP contribution in [0, 0.1) is 0 Å². The van der Waals surface area contributed by atoms with Crippen LogP contribution in [-0.4, -0.2) is 31.2 Å². The summed E-state index contributed by atoms with van der Waals surface area (Å²) in [7, 11) is 1.65. The summed E-state index contributed by atoms with van der Waals surface area (Å²) in [4.78, 5) is 8.80. The second-order valence-electron chi connectivity index (χ2n) is 5.19. The molecule has 120 valence electrons. The zero-order valence-electron chi connectivity index (χ0n) is 12.9. The molecule has 0 fully saturated rings. The Balaban J connectivity index is 1.74. The molecule has 2 N–H and O–H groups in total. The van der Waals surface area contributed by atoms with Crippen LogP contribution in [0.5, 0.6) is 5.75 Å². The number of ether oxygens (including phenoxy) is 1. The minimum atomic E-state index is 0.397. The highest BCUT2D eigenvalue weighted by molar-refractivity contribution is 7.03. The second-order valence-corrected chi connectivity index (χ2v) is 5.86. The van der Waals surface area contributed by atoms with E-state index in [1.807, 2.05) is 41.9 Å². The van der Waals surface area contributed by atoms with E-state index < -0.39 is 0 Å². The summed E-state index contributed by atoms with van der Waals surface area (Å²) in [6, 6.07) is 9.69. The van der Waals surface area contributed by atoms with Crippen LogP contribution in [0.1, 0.15) is 5.56 Å². The fraction of sp³-hybridized carbons (Fsp3) is 0.125. The molecule has 4 aromatic rings. The lowest BCUT2D eigenvalue weighted by atomic mass is 10.2. The third-order valence-electron chi connectivity index (χ3n) is 3.65. The Morgan fingerprint density at radius 3 is 2.88 bits per heavy atom. The van der Waals surface area contributed by atoms with Crippen LogP contribution in [0.3, 0.4) is 0 Å². The Bertz CT molecular complexity index is 995. The number of anilines is 1. The molecule has 0 bridgehead atoms. The number of rotatable bonds is 4. The molecule has 0 spiro atoms. The maximum absolute atomic E-state index is 6.07. The lowest BCUT2D eigenvalue weighted by molar-refractivity contribution is 0.407. The van der Waals surface area contributed by atoms with Crippen LogP contribution in [-0.2, 0) is 6.54 Å². The van der Waals surface area contributed by atoms with Crippen LogP contribution in [0.25, 0.3) is 22.6 Å². The number of methoxy groups -OCH3 is 1. The molecular formula is C16H14N6OS. The summed E-state index contributed by atoms with van der Waals surface area (Å²) in [6.07, 6.45) is 1.85. The Morgan fingerprint density at radius 1 is 1.21 bits per heavy atom. The number of fused-ring (bicyclic) bond motifs is 1. The zero-order chi connectivity index (χ0) is 16.5. The van der Waals surface area contributed by atoms with E-state index >= 15 is 0 Å². The first-order chi connectivity index (χ1) is 11.7. The van der Waals surface area contributed by atoms with Gasteiger partial charge in [-0.25, -0.2) is 9.97 Å². The third kappa shape index (κ3) is 2.56. The van der Waals surface area contributed by atoms with Gasteiger partial charge in [-0.2, -0.15) is 9.47 Å². The summed E-state index contributed by atoms with van der Waals surface area (Å²) in [5.74, 6) is 1.71. The van der Waals surface area contributed by atoms with Gasteiger partial charge in [-0.05, 0) is 23.7 Å². The van der Waals surface area contributed by atoms with Crippen LogP contribution in [0.4, 0.5) is 5.82 Å². The number of aromatic nitrogens is 5. The van der Waals surface area contributed by atoms with Gasteiger partial charge in [-0.1, -0.05) is 18.2 Å². The number of nitrogens with zero attached hydrogens (tertiary/aromatic N) is 5. The molecule has 0 saturated heterocycles. The van der Waals surface area contributed by atoms with E-state index in [9.17, 15) is 0 Å². The Morgan fingerprint density at radius 2 is 2.08 bits per heavy atom. The SMILES string of the molecule is COc1ccccc1Cn1cc2c(N)nc(-c3ccsn3)nc2n1. The molecule has 0 unspecified atom stereocenters. The average molecular weight is 338 g/mol. The van der Waals surface area contributed by atoms with Crippen molar-refractivity contribution in [1.82, 2.24) is 24.1 Å². The number of nitrogen functional groups attached to an aromatic ring is 1. The van der Waals surface area contributed by atoms with E-state index in [0.29, 0.717) is 29.5 Å². The first kappa shape index (κ1) is 14.6. The molecular weight excluding hydrogens is 324 g/mol. The summed E-state index contributed by atoms with van der Waals surface area (Å²) in [6.45, 7) is 0.561. The van der Waals surface area contributed by atoms with Crippen LogP contribution in [0.15, 0.2) is 41.9 Å². The number of para-hydroxylation sites is 1. The Hall–Kier alpha value is -3.00. The predicted molar refractivity (Wildman–Crippen MR) is 92.9 cm³/mol. The minimum Gasteiger partial charge on any atom is -0.496 e. The summed E-state index contributed by atoms with van der Waals surface area (Å²) >= 11 is 1.35. The number of nitrogens with two attached hydrogens (primary N) is 1. The fourth-order valence-corrected chi connectivity index (χ4v) is 3.01. The van der Waals surface area contributed by atoms with Crippen molar-refractivity contribution in [2.45, 2.75) is 6.54 Å². The number of benzene rings is 1. The zero-order valence-corrected chi connectivity index (χ0v) is 13.7. The van der Waals surface area contributed by atoms with Crippen molar-refractivity contribution in [3.8, 4) is 17.3 Å². The molecule has 4 rings (SSSR count). The van der Waals surface area contributed by atoms with Gasteiger partial charge in [0.1, 0.15) is 17.3 Å². The van der Waals surface area contributed by atoms with Crippen molar-refractivity contribution in [2.75, 3.05) is 12.8 Å². The summed E-state index contributed by atoms with van der Waals surface area (Å²) < 4.78 is 11.4. The van der Waals surface area contributed by atoms with Crippen molar-refractivity contribution >= 4 is 28.4 Å². The topological polar surface area (TPSA) is 91.7 Å². The first-order valence-corrected chi connectivity index (χ1v) is 8.11. The molecule has 24 heavy (non-hydrogen) atoms. The van der Waals surface area contributed by atoms with Gasteiger partial charge >= 0.3 is 0 Å². The molecule has 3 aromatic heterocycles. The number of hydrogen-bond acceptors (Lipinski definition) is 7. The van der Waals surface area contributed by atoms with Crippen LogP contribution >= 0.6 is 11.5 Å².